The van der Waals surface area contributed by atoms with E-state index >= 15 is 0 Å². The fourth-order valence-electron chi connectivity index (χ4n) is 3.03. The van der Waals surface area contributed by atoms with Crippen molar-refractivity contribution >= 4 is 11.9 Å². The molecule has 0 spiro atoms. The number of benzene rings is 1. The predicted octanol–water partition coefficient (Wildman–Crippen LogP) is 3.53. The highest BCUT2D eigenvalue weighted by molar-refractivity contribution is 5.79. The van der Waals surface area contributed by atoms with Crippen LogP contribution >= 0.6 is 0 Å². The predicted molar refractivity (Wildman–Crippen MR) is 110 cm³/mol. The first-order valence-corrected chi connectivity index (χ1v) is 9.64. The number of aryl methyl sites for hydroxylation is 1. The third kappa shape index (κ3) is 6.07. The second kappa shape index (κ2) is 10.4. The Morgan fingerprint density at radius 3 is 2.93 bits per heavy atom. The Balaban J connectivity index is 1.72. The van der Waals surface area contributed by atoms with Crippen LogP contribution in [-0.4, -0.2) is 44.1 Å². The number of morpholine rings is 1. The molecule has 2 heterocycles. The Bertz CT molecular complexity index is 839. The molecule has 1 aromatic heterocycles. The Kier molecular flexibility index (Phi) is 7.39. The molecule has 0 aliphatic carbocycles. The van der Waals surface area contributed by atoms with Gasteiger partial charge in [-0.15, -0.1) is 0 Å². The van der Waals surface area contributed by atoms with Crippen LogP contribution in [0.2, 0.25) is 0 Å². The van der Waals surface area contributed by atoms with E-state index in [1.165, 1.54) is 5.56 Å². The lowest BCUT2D eigenvalue weighted by Gasteiger charge is -2.29. The number of unbranched alkanes of at least 4 members (excludes halogenated alkanes) is 1. The first-order chi connectivity index (χ1) is 13.7. The molecule has 0 unspecified atom stereocenters. The molecular formula is C22H26N4O2. The van der Waals surface area contributed by atoms with Crippen LogP contribution in [0.5, 0.6) is 5.88 Å². The van der Waals surface area contributed by atoms with Crippen molar-refractivity contribution in [3.05, 3.63) is 53.2 Å². The van der Waals surface area contributed by atoms with Gasteiger partial charge in [0.2, 0.25) is 5.88 Å². The number of aromatic nitrogens is 1. The molecule has 0 amide bonds. The zero-order valence-corrected chi connectivity index (χ0v) is 16.3. The Morgan fingerprint density at radius 2 is 2.14 bits per heavy atom. The van der Waals surface area contributed by atoms with E-state index in [-0.39, 0.29) is 0 Å². The van der Waals surface area contributed by atoms with Gasteiger partial charge < -0.3 is 14.4 Å². The van der Waals surface area contributed by atoms with E-state index in [0.29, 0.717) is 31.9 Å². The zero-order valence-electron chi connectivity index (χ0n) is 16.3. The van der Waals surface area contributed by atoms with E-state index in [9.17, 15) is 0 Å². The van der Waals surface area contributed by atoms with Crippen molar-refractivity contribution in [2.24, 2.45) is 4.99 Å². The third-order valence-electron chi connectivity index (χ3n) is 4.43. The largest absolute Gasteiger partial charge is 0.478 e. The van der Waals surface area contributed by atoms with Gasteiger partial charge in [-0.1, -0.05) is 29.8 Å². The molecule has 1 aliphatic heterocycles. The van der Waals surface area contributed by atoms with Crippen LogP contribution in [-0.2, 0) is 11.3 Å². The summed E-state index contributed by atoms with van der Waals surface area (Å²) in [6, 6.07) is 14.4. The van der Waals surface area contributed by atoms with Crippen LogP contribution in [0.4, 0.5) is 5.69 Å². The molecule has 1 fully saturated rings. The highest BCUT2D eigenvalue weighted by Gasteiger charge is 2.14. The molecule has 0 saturated carbocycles. The summed E-state index contributed by atoms with van der Waals surface area (Å²) in [6.07, 6.45) is 3.06. The van der Waals surface area contributed by atoms with E-state index in [4.69, 9.17) is 14.7 Å². The van der Waals surface area contributed by atoms with Gasteiger partial charge in [0, 0.05) is 37.5 Å². The highest BCUT2D eigenvalue weighted by atomic mass is 16.5. The van der Waals surface area contributed by atoms with Gasteiger partial charge in [0.05, 0.1) is 38.1 Å². The first-order valence-electron chi connectivity index (χ1n) is 9.64. The van der Waals surface area contributed by atoms with E-state index in [1.54, 1.807) is 0 Å². The van der Waals surface area contributed by atoms with E-state index in [0.717, 1.165) is 43.2 Å². The summed E-state index contributed by atoms with van der Waals surface area (Å²) in [7, 11) is 0. The molecular weight excluding hydrogens is 352 g/mol. The van der Waals surface area contributed by atoms with Gasteiger partial charge in [0.1, 0.15) is 0 Å². The van der Waals surface area contributed by atoms with Crippen molar-refractivity contribution in [3.8, 4) is 11.9 Å². The maximum Gasteiger partial charge on any atom is 0.215 e. The summed E-state index contributed by atoms with van der Waals surface area (Å²) in [5, 5.41) is 8.67. The van der Waals surface area contributed by atoms with Crippen molar-refractivity contribution in [1.29, 1.82) is 5.26 Å². The topological polar surface area (TPSA) is 70.7 Å². The summed E-state index contributed by atoms with van der Waals surface area (Å²) < 4.78 is 11.2. The van der Waals surface area contributed by atoms with Gasteiger partial charge >= 0.3 is 0 Å². The molecule has 6 nitrogen and oxygen atoms in total. The molecule has 1 saturated heterocycles. The van der Waals surface area contributed by atoms with Crippen molar-refractivity contribution in [1.82, 2.24) is 4.98 Å². The number of hydrogen-bond acceptors (Lipinski definition) is 6. The van der Waals surface area contributed by atoms with Gasteiger partial charge in [-0.05, 0) is 25.0 Å². The molecule has 2 aromatic rings. The fraction of sp³-hybridized carbons (Fsp3) is 0.409. The van der Waals surface area contributed by atoms with Gasteiger partial charge in [0.25, 0.3) is 0 Å². The van der Waals surface area contributed by atoms with Crippen molar-refractivity contribution < 1.29 is 9.47 Å². The van der Waals surface area contributed by atoms with E-state index < -0.39 is 0 Å². The summed E-state index contributed by atoms with van der Waals surface area (Å²) in [5.74, 6) is 0.586. The van der Waals surface area contributed by atoms with E-state index in [2.05, 4.69) is 46.1 Å². The minimum atomic E-state index is 0.483. The smallest absolute Gasteiger partial charge is 0.215 e. The molecule has 1 aliphatic rings. The number of nitrogens with zero attached hydrogens (tertiary/aromatic N) is 4. The van der Waals surface area contributed by atoms with Crippen LogP contribution in [0, 0.1) is 18.3 Å². The van der Waals surface area contributed by atoms with Gasteiger partial charge in [-0.3, -0.25) is 4.99 Å². The van der Waals surface area contributed by atoms with Crippen LogP contribution in [0.3, 0.4) is 0 Å². The lowest BCUT2D eigenvalue weighted by molar-refractivity contribution is 0.122. The SMILES string of the molecule is Cc1cccc(C=NCc2cc(N3CCOCC3)cc(OCCCC#N)n2)c1. The number of aliphatic imine (C=N–C) groups is 1. The van der Waals surface area contributed by atoms with Crippen molar-refractivity contribution in [2.75, 3.05) is 37.8 Å². The standard InChI is InChI=1S/C22H26N4O2/c1-18-5-4-6-19(13-18)16-24-17-20-14-21(26-8-11-27-12-9-26)15-22(25-20)28-10-3-2-7-23/h4-6,13-16H,2-3,8-12,17H2,1H3. The lowest BCUT2D eigenvalue weighted by Crippen LogP contribution is -2.36. The second-order valence-electron chi connectivity index (χ2n) is 6.75. The van der Waals surface area contributed by atoms with Crippen molar-refractivity contribution in [2.45, 2.75) is 26.3 Å². The molecule has 146 valence electrons. The van der Waals surface area contributed by atoms with Gasteiger partial charge in [0.15, 0.2) is 0 Å². The minimum absolute atomic E-state index is 0.483. The molecule has 28 heavy (non-hydrogen) atoms. The molecule has 1 aromatic carbocycles. The average Bonchev–Trinajstić information content (AvgIpc) is 2.72. The molecule has 0 radical (unpaired) electrons. The Hall–Kier alpha value is -2.91. The normalized spacial score (nSPS) is 14.2. The maximum absolute atomic E-state index is 8.67. The summed E-state index contributed by atoms with van der Waals surface area (Å²) in [6.45, 7) is 6.19. The molecule has 3 rings (SSSR count). The quantitative estimate of drug-likeness (QED) is 0.519. The number of pyridine rings is 1. The summed E-state index contributed by atoms with van der Waals surface area (Å²) >= 11 is 0. The van der Waals surface area contributed by atoms with Gasteiger partial charge in [-0.2, -0.15) is 5.26 Å². The second-order valence-corrected chi connectivity index (χ2v) is 6.75. The van der Waals surface area contributed by atoms with Crippen molar-refractivity contribution in [3.63, 3.8) is 0 Å². The lowest BCUT2D eigenvalue weighted by atomic mass is 10.1. The van der Waals surface area contributed by atoms with Crippen LogP contribution < -0.4 is 9.64 Å². The number of ether oxygens (including phenoxy) is 2. The highest BCUT2D eigenvalue weighted by Crippen LogP contribution is 2.23. The number of rotatable bonds is 8. The Labute approximate surface area is 166 Å². The zero-order chi connectivity index (χ0) is 19.6. The molecule has 6 heteroatoms. The van der Waals surface area contributed by atoms with Crippen LogP contribution in [0.15, 0.2) is 41.4 Å². The maximum atomic E-state index is 8.67. The van der Waals surface area contributed by atoms with Crippen LogP contribution in [0.1, 0.15) is 29.7 Å². The molecule has 0 bridgehead atoms. The monoisotopic (exact) mass is 378 g/mol. The average molecular weight is 378 g/mol. The minimum Gasteiger partial charge on any atom is -0.478 e. The number of anilines is 1. The number of hydrogen-bond donors (Lipinski definition) is 0. The van der Waals surface area contributed by atoms with Crippen LogP contribution in [0.25, 0.3) is 0 Å². The fourth-order valence-corrected chi connectivity index (χ4v) is 3.03. The van der Waals surface area contributed by atoms with Gasteiger partial charge in [-0.25, -0.2) is 4.98 Å². The summed E-state index contributed by atoms with van der Waals surface area (Å²) in [5.41, 5.74) is 4.24. The molecule has 0 N–H and O–H groups in total. The molecule has 0 atom stereocenters. The summed E-state index contributed by atoms with van der Waals surface area (Å²) in [4.78, 5) is 11.4. The third-order valence-corrected chi connectivity index (χ3v) is 4.43. The Morgan fingerprint density at radius 1 is 1.29 bits per heavy atom. The first kappa shape index (κ1) is 19.8. The van der Waals surface area contributed by atoms with E-state index in [1.807, 2.05) is 24.4 Å². The number of nitriles is 1.